The molecule has 0 aliphatic rings. The van der Waals surface area contributed by atoms with E-state index in [0.717, 1.165) is 9.87 Å². The Morgan fingerprint density at radius 2 is 1.57 bits per heavy atom. The summed E-state index contributed by atoms with van der Waals surface area (Å²) in [6, 6.07) is 16.6. The summed E-state index contributed by atoms with van der Waals surface area (Å²) in [5, 5.41) is 3.80. The number of halogens is 3. The monoisotopic (exact) mass is 623 g/mol. The molecule has 0 fully saturated rings. The minimum atomic E-state index is -4.18. The summed E-state index contributed by atoms with van der Waals surface area (Å²) in [6.45, 7) is 7.23. The quantitative estimate of drug-likeness (QED) is 0.270. The molecule has 0 aromatic heterocycles. The average molecular weight is 625 g/mol. The number of sulfonamides is 1. The molecule has 7 nitrogen and oxygen atoms in total. The number of hydrogen-bond acceptors (Lipinski definition) is 4. The van der Waals surface area contributed by atoms with Crippen molar-refractivity contribution in [2.75, 3.05) is 17.4 Å². The minimum Gasteiger partial charge on any atom is -0.354 e. The van der Waals surface area contributed by atoms with Crippen LogP contribution in [0.25, 0.3) is 0 Å². The van der Waals surface area contributed by atoms with Crippen molar-refractivity contribution in [3.8, 4) is 0 Å². The third-order valence-electron chi connectivity index (χ3n) is 6.17. The van der Waals surface area contributed by atoms with Gasteiger partial charge in [-0.05, 0) is 67.8 Å². The highest BCUT2D eigenvalue weighted by atomic mass is 35.5. The SMILES string of the molecule is Cc1ccc(S(=O)(=O)N(CC(=O)N(Cc2ccc(Cl)c(Cl)c2)[C@@H](C)C(=O)NCC(C)C)c2cccc(Cl)c2)cc1. The Balaban J connectivity index is 2.03. The normalized spacial score (nSPS) is 12.2. The minimum absolute atomic E-state index is 0.0000470. The van der Waals surface area contributed by atoms with Crippen LogP contribution in [0.15, 0.2) is 71.6 Å². The number of anilines is 1. The number of rotatable bonds is 11. The van der Waals surface area contributed by atoms with Crippen molar-refractivity contribution in [2.45, 2.75) is 45.2 Å². The Labute approximate surface area is 251 Å². The highest BCUT2D eigenvalue weighted by molar-refractivity contribution is 7.92. The van der Waals surface area contributed by atoms with E-state index in [1.165, 1.54) is 23.1 Å². The van der Waals surface area contributed by atoms with Gasteiger partial charge in [0.25, 0.3) is 10.0 Å². The maximum atomic E-state index is 13.9. The molecule has 0 radical (unpaired) electrons. The van der Waals surface area contributed by atoms with Crippen molar-refractivity contribution in [3.63, 3.8) is 0 Å². The van der Waals surface area contributed by atoms with E-state index >= 15 is 0 Å². The van der Waals surface area contributed by atoms with Crippen molar-refractivity contribution in [2.24, 2.45) is 5.92 Å². The second kappa shape index (κ2) is 13.7. The molecule has 0 aliphatic heterocycles. The van der Waals surface area contributed by atoms with E-state index in [0.29, 0.717) is 27.2 Å². The molecule has 3 rings (SSSR count). The molecule has 11 heteroatoms. The molecule has 0 bridgehead atoms. The van der Waals surface area contributed by atoms with Gasteiger partial charge in [-0.1, -0.05) is 78.5 Å². The number of nitrogens with zero attached hydrogens (tertiary/aromatic N) is 2. The Morgan fingerprint density at radius 3 is 2.17 bits per heavy atom. The van der Waals surface area contributed by atoms with Crippen molar-refractivity contribution in [3.05, 3.63) is 92.9 Å². The highest BCUT2D eigenvalue weighted by Crippen LogP contribution is 2.28. The zero-order valence-corrected chi connectivity index (χ0v) is 25.8. The fourth-order valence-electron chi connectivity index (χ4n) is 3.87. The van der Waals surface area contributed by atoms with Crippen LogP contribution in [0.5, 0.6) is 0 Å². The molecule has 214 valence electrons. The topological polar surface area (TPSA) is 86.8 Å². The van der Waals surface area contributed by atoms with Gasteiger partial charge in [0.1, 0.15) is 12.6 Å². The van der Waals surface area contributed by atoms with Crippen molar-refractivity contribution < 1.29 is 18.0 Å². The van der Waals surface area contributed by atoms with E-state index in [1.807, 2.05) is 20.8 Å². The van der Waals surface area contributed by atoms with Gasteiger partial charge in [-0.3, -0.25) is 13.9 Å². The molecule has 3 aromatic rings. The maximum absolute atomic E-state index is 13.9. The van der Waals surface area contributed by atoms with Gasteiger partial charge >= 0.3 is 0 Å². The van der Waals surface area contributed by atoms with Crippen LogP contribution < -0.4 is 9.62 Å². The predicted octanol–water partition coefficient (Wildman–Crippen LogP) is 6.34. The lowest BCUT2D eigenvalue weighted by atomic mass is 10.1. The molecular formula is C29H32Cl3N3O4S. The smallest absolute Gasteiger partial charge is 0.264 e. The van der Waals surface area contributed by atoms with Crippen LogP contribution in [-0.4, -0.2) is 44.3 Å². The lowest BCUT2D eigenvalue weighted by molar-refractivity contribution is -0.139. The van der Waals surface area contributed by atoms with E-state index in [4.69, 9.17) is 34.8 Å². The van der Waals surface area contributed by atoms with Crippen LogP contribution in [0.2, 0.25) is 15.1 Å². The second-order valence-corrected chi connectivity index (χ2v) is 13.0. The van der Waals surface area contributed by atoms with Gasteiger partial charge in [-0.25, -0.2) is 8.42 Å². The fourth-order valence-corrected chi connectivity index (χ4v) is 5.78. The van der Waals surface area contributed by atoms with Gasteiger partial charge in [0.15, 0.2) is 0 Å². The van der Waals surface area contributed by atoms with Crippen molar-refractivity contribution in [1.82, 2.24) is 10.2 Å². The van der Waals surface area contributed by atoms with E-state index in [9.17, 15) is 18.0 Å². The third kappa shape index (κ3) is 8.13. The molecule has 0 aliphatic carbocycles. The zero-order chi connectivity index (χ0) is 29.6. The summed E-state index contributed by atoms with van der Waals surface area (Å²) in [5.41, 5.74) is 1.73. The average Bonchev–Trinajstić information content (AvgIpc) is 2.90. The number of carbonyl (C=O) groups excluding carboxylic acids is 2. The zero-order valence-electron chi connectivity index (χ0n) is 22.7. The molecule has 0 saturated carbocycles. The third-order valence-corrected chi connectivity index (χ3v) is 8.94. The summed E-state index contributed by atoms with van der Waals surface area (Å²) in [4.78, 5) is 28.3. The Kier molecular flexibility index (Phi) is 10.9. The Hall–Kier alpha value is -2.78. The first-order valence-corrected chi connectivity index (χ1v) is 15.2. The first kappa shape index (κ1) is 31.7. The lowest BCUT2D eigenvalue weighted by Crippen LogP contribution is -2.51. The first-order valence-electron chi connectivity index (χ1n) is 12.7. The Bertz CT molecular complexity index is 1460. The first-order chi connectivity index (χ1) is 18.8. The molecule has 0 spiro atoms. The molecular weight excluding hydrogens is 593 g/mol. The van der Waals surface area contributed by atoms with E-state index in [-0.39, 0.29) is 29.0 Å². The number of aryl methyl sites for hydroxylation is 1. The van der Waals surface area contributed by atoms with Crippen molar-refractivity contribution >= 4 is 62.3 Å². The number of amides is 2. The summed E-state index contributed by atoms with van der Waals surface area (Å²) < 4.78 is 28.7. The van der Waals surface area contributed by atoms with Crippen LogP contribution in [0.4, 0.5) is 5.69 Å². The van der Waals surface area contributed by atoms with Crippen LogP contribution in [0.3, 0.4) is 0 Å². The lowest BCUT2D eigenvalue weighted by Gasteiger charge is -2.32. The predicted molar refractivity (Wildman–Crippen MR) is 161 cm³/mol. The number of nitrogens with one attached hydrogen (secondary N) is 1. The van der Waals surface area contributed by atoms with Crippen LogP contribution in [0.1, 0.15) is 31.9 Å². The highest BCUT2D eigenvalue weighted by Gasteiger charge is 2.32. The molecule has 2 amide bonds. The van der Waals surface area contributed by atoms with E-state index < -0.39 is 28.5 Å². The van der Waals surface area contributed by atoms with Gasteiger partial charge in [-0.2, -0.15) is 0 Å². The van der Waals surface area contributed by atoms with Crippen molar-refractivity contribution in [1.29, 1.82) is 0 Å². The Morgan fingerprint density at radius 1 is 0.900 bits per heavy atom. The number of benzene rings is 3. The van der Waals surface area contributed by atoms with Gasteiger partial charge < -0.3 is 10.2 Å². The van der Waals surface area contributed by atoms with Crippen LogP contribution in [0, 0.1) is 12.8 Å². The summed E-state index contributed by atoms with van der Waals surface area (Å²) in [5.74, 6) is -0.750. The van der Waals surface area contributed by atoms with E-state index in [1.54, 1.807) is 55.5 Å². The standard InChI is InChI=1S/C29H32Cl3N3O4S/c1-19(2)16-33-29(37)21(4)34(17-22-10-13-26(31)27(32)14-22)28(36)18-35(24-7-5-6-23(30)15-24)40(38,39)25-11-8-20(3)9-12-25/h5-15,19,21H,16-18H2,1-4H3,(H,33,37)/t21-/m0/s1. The molecule has 3 aromatic carbocycles. The summed E-state index contributed by atoms with van der Waals surface area (Å²) >= 11 is 18.5. The van der Waals surface area contributed by atoms with Crippen LogP contribution in [-0.2, 0) is 26.2 Å². The summed E-state index contributed by atoms with van der Waals surface area (Å²) in [6.07, 6.45) is 0. The molecule has 0 saturated heterocycles. The van der Waals surface area contributed by atoms with Gasteiger partial charge in [-0.15, -0.1) is 0 Å². The summed E-state index contributed by atoms with van der Waals surface area (Å²) in [7, 11) is -4.18. The molecule has 0 heterocycles. The van der Waals surface area contributed by atoms with Gasteiger partial charge in [0.05, 0.1) is 20.6 Å². The van der Waals surface area contributed by atoms with Gasteiger partial charge in [0, 0.05) is 18.1 Å². The number of hydrogen-bond donors (Lipinski definition) is 1. The molecule has 0 unspecified atom stereocenters. The largest absolute Gasteiger partial charge is 0.354 e. The molecule has 1 N–H and O–H groups in total. The van der Waals surface area contributed by atoms with Crippen LogP contribution >= 0.6 is 34.8 Å². The number of carbonyl (C=O) groups is 2. The fraction of sp³-hybridized carbons (Fsp3) is 0.310. The second-order valence-electron chi connectivity index (χ2n) is 9.89. The maximum Gasteiger partial charge on any atom is 0.264 e. The molecule has 1 atom stereocenters. The molecule has 40 heavy (non-hydrogen) atoms. The van der Waals surface area contributed by atoms with E-state index in [2.05, 4.69) is 5.32 Å². The van der Waals surface area contributed by atoms with Gasteiger partial charge in [0.2, 0.25) is 11.8 Å².